The van der Waals surface area contributed by atoms with Crippen LogP contribution in [0.2, 0.25) is 0 Å². The summed E-state index contributed by atoms with van der Waals surface area (Å²) in [6.07, 6.45) is 6.12. The van der Waals surface area contributed by atoms with Crippen molar-refractivity contribution < 1.29 is 23.5 Å². The van der Waals surface area contributed by atoms with Gasteiger partial charge in [0.1, 0.15) is 18.0 Å². The zero-order valence-corrected chi connectivity index (χ0v) is 17.4. The van der Waals surface area contributed by atoms with Crippen molar-refractivity contribution in [2.75, 3.05) is 0 Å². The Morgan fingerprint density at radius 2 is 1.37 bits per heavy atom. The minimum absolute atomic E-state index is 0.0657. The Labute approximate surface area is 177 Å². The van der Waals surface area contributed by atoms with E-state index in [2.05, 4.69) is 6.92 Å². The van der Waals surface area contributed by atoms with E-state index >= 15 is 0 Å². The van der Waals surface area contributed by atoms with Crippen LogP contribution >= 0.6 is 0 Å². The lowest BCUT2D eigenvalue weighted by Gasteiger charge is -2.28. The molecule has 0 aromatic heterocycles. The molecule has 0 saturated heterocycles. The second kappa shape index (κ2) is 10.9. The van der Waals surface area contributed by atoms with E-state index in [1.54, 1.807) is 24.3 Å². The van der Waals surface area contributed by atoms with Gasteiger partial charge in [0.2, 0.25) is 0 Å². The standard InChI is InChI=1S/C25H29FO4/c1-2-3-4-5-24(27)29-22-14-16-23(17-15-22)30-25(28)20-8-6-18(7-9-20)19-10-12-21(26)13-11-19/h6-13,22-23H,2-5,14-17H2,1H3/t22-,23-. The van der Waals surface area contributed by atoms with Gasteiger partial charge >= 0.3 is 11.9 Å². The van der Waals surface area contributed by atoms with Crippen molar-refractivity contribution in [3.05, 3.63) is 59.9 Å². The van der Waals surface area contributed by atoms with Gasteiger partial charge in [0, 0.05) is 6.42 Å². The molecular formula is C25H29FO4. The van der Waals surface area contributed by atoms with E-state index in [9.17, 15) is 14.0 Å². The average Bonchev–Trinajstić information content (AvgIpc) is 2.76. The van der Waals surface area contributed by atoms with Gasteiger partial charge in [0.15, 0.2) is 0 Å². The quantitative estimate of drug-likeness (QED) is 0.389. The minimum atomic E-state index is -0.347. The third kappa shape index (κ3) is 6.41. The molecule has 2 aromatic rings. The second-order valence-corrected chi connectivity index (χ2v) is 7.84. The predicted octanol–water partition coefficient (Wildman–Crippen LogP) is 6.08. The molecule has 0 amide bonds. The molecular weight excluding hydrogens is 383 g/mol. The van der Waals surface area contributed by atoms with Gasteiger partial charge in [-0.2, -0.15) is 0 Å². The molecule has 0 radical (unpaired) electrons. The number of unbranched alkanes of at least 4 members (excludes halogenated alkanes) is 2. The van der Waals surface area contributed by atoms with Gasteiger partial charge < -0.3 is 9.47 Å². The topological polar surface area (TPSA) is 52.6 Å². The van der Waals surface area contributed by atoms with Crippen LogP contribution in [0.4, 0.5) is 4.39 Å². The van der Waals surface area contributed by atoms with E-state index in [4.69, 9.17) is 9.47 Å². The van der Waals surface area contributed by atoms with Gasteiger partial charge in [-0.25, -0.2) is 9.18 Å². The van der Waals surface area contributed by atoms with Crippen molar-refractivity contribution in [1.82, 2.24) is 0 Å². The molecule has 2 aromatic carbocycles. The highest BCUT2D eigenvalue weighted by Gasteiger charge is 2.26. The molecule has 0 heterocycles. The molecule has 0 bridgehead atoms. The summed E-state index contributed by atoms with van der Waals surface area (Å²) in [6, 6.07) is 13.4. The summed E-state index contributed by atoms with van der Waals surface area (Å²) in [5, 5.41) is 0. The van der Waals surface area contributed by atoms with Crippen molar-refractivity contribution in [2.24, 2.45) is 0 Å². The van der Waals surface area contributed by atoms with Gasteiger partial charge in [0.25, 0.3) is 0 Å². The number of benzene rings is 2. The lowest BCUT2D eigenvalue weighted by Crippen LogP contribution is -2.29. The van der Waals surface area contributed by atoms with Crippen molar-refractivity contribution in [1.29, 1.82) is 0 Å². The Balaban J connectivity index is 1.44. The maximum atomic E-state index is 13.1. The Morgan fingerprint density at radius 3 is 1.93 bits per heavy atom. The van der Waals surface area contributed by atoms with E-state index in [0.717, 1.165) is 43.2 Å². The van der Waals surface area contributed by atoms with Gasteiger partial charge in [-0.15, -0.1) is 0 Å². The van der Waals surface area contributed by atoms with Crippen LogP contribution in [0.3, 0.4) is 0 Å². The molecule has 4 nitrogen and oxygen atoms in total. The van der Waals surface area contributed by atoms with Crippen LogP contribution in [-0.2, 0) is 14.3 Å². The molecule has 0 N–H and O–H groups in total. The average molecular weight is 413 g/mol. The molecule has 1 fully saturated rings. The van der Waals surface area contributed by atoms with Crippen LogP contribution in [0.15, 0.2) is 48.5 Å². The zero-order chi connectivity index (χ0) is 21.3. The normalized spacial score (nSPS) is 18.6. The monoisotopic (exact) mass is 412 g/mol. The van der Waals surface area contributed by atoms with Crippen molar-refractivity contribution in [3.8, 4) is 11.1 Å². The van der Waals surface area contributed by atoms with Gasteiger partial charge in [0.05, 0.1) is 5.56 Å². The molecule has 0 atom stereocenters. The fraction of sp³-hybridized carbons (Fsp3) is 0.440. The third-order valence-electron chi connectivity index (χ3n) is 5.48. The number of carbonyl (C=O) groups excluding carboxylic acids is 2. The predicted molar refractivity (Wildman–Crippen MR) is 114 cm³/mol. The smallest absolute Gasteiger partial charge is 0.338 e. The SMILES string of the molecule is CCCCCC(=O)O[C@H]1CC[C@H](OC(=O)c2ccc(-c3ccc(F)cc3)cc2)CC1. The molecule has 1 aliphatic rings. The van der Waals surface area contributed by atoms with Crippen LogP contribution < -0.4 is 0 Å². The number of halogens is 1. The number of hydrogen-bond acceptors (Lipinski definition) is 4. The first-order chi connectivity index (χ1) is 14.5. The maximum Gasteiger partial charge on any atom is 0.338 e. The van der Waals surface area contributed by atoms with E-state index in [1.165, 1.54) is 12.1 Å². The number of esters is 2. The van der Waals surface area contributed by atoms with Crippen LogP contribution in [0.5, 0.6) is 0 Å². The summed E-state index contributed by atoms with van der Waals surface area (Å²) in [6.45, 7) is 2.10. The van der Waals surface area contributed by atoms with Crippen LogP contribution in [0.25, 0.3) is 11.1 Å². The van der Waals surface area contributed by atoms with Gasteiger partial charge in [-0.3, -0.25) is 4.79 Å². The van der Waals surface area contributed by atoms with E-state index < -0.39 is 0 Å². The van der Waals surface area contributed by atoms with E-state index in [1.807, 2.05) is 12.1 Å². The molecule has 1 aliphatic carbocycles. The second-order valence-electron chi connectivity index (χ2n) is 7.84. The Kier molecular flexibility index (Phi) is 8.00. The molecule has 3 rings (SSSR count). The number of rotatable bonds is 8. The zero-order valence-electron chi connectivity index (χ0n) is 17.4. The van der Waals surface area contributed by atoms with Crippen molar-refractivity contribution >= 4 is 11.9 Å². The summed E-state index contributed by atoms with van der Waals surface area (Å²) in [5.74, 6) is -0.745. The fourth-order valence-corrected chi connectivity index (χ4v) is 3.69. The first kappa shape index (κ1) is 22.0. The molecule has 0 unspecified atom stereocenters. The Hall–Kier alpha value is -2.69. The summed E-state index contributed by atoms with van der Waals surface area (Å²) < 4.78 is 24.2. The lowest BCUT2D eigenvalue weighted by molar-refractivity contribution is -0.151. The number of carbonyl (C=O) groups is 2. The molecule has 1 saturated carbocycles. The van der Waals surface area contributed by atoms with Gasteiger partial charge in [-0.05, 0) is 67.5 Å². The lowest BCUT2D eigenvalue weighted by atomic mass is 9.95. The number of ether oxygens (including phenoxy) is 2. The summed E-state index contributed by atoms with van der Waals surface area (Å²) in [7, 11) is 0. The third-order valence-corrected chi connectivity index (χ3v) is 5.48. The highest BCUT2D eigenvalue weighted by molar-refractivity contribution is 5.90. The van der Waals surface area contributed by atoms with E-state index in [0.29, 0.717) is 24.8 Å². The van der Waals surface area contributed by atoms with Crippen molar-refractivity contribution in [3.63, 3.8) is 0 Å². The Bertz CT molecular complexity index is 821. The highest BCUT2D eigenvalue weighted by Crippen LogP contribution is 2.26. The molecule has 30 heavy (non-hydrogen) atoms. The maximum absolute atomic E-state index is 13.1. The molecule has 5 heteroatoms. The van der Waals surface area contributed by atoms with E-state index in [-0.39, 0.29) is 30.0 Å². The summed E-state index contributed by atoms with van der Waals surface area (Å²) >= 11 is 0. The van der Waals surface area contributed by atoms with Crippen LogP contribution in [0, 0.1) is 5.82 Å². The first-order valence-electron chi connectivity index (χ1n) is 10.8. The molecule has 0 spiro atoms. The molecule has 0 aliphatic heterocycles. The van der Waals surface area contributed by atoms with Crippen LogP contribution in [0.1, 0.15) is 68.6 Å². The highest BCUT2D eigenvalue weighted by atomic mass is 19.1. The Morgan fingerprint density at radius 1 is 0.833 bits per heavy atom. The van der Waals surface area contributed by atoms with Crippen LogP contribution in [-0.4, -0.2) is 24.1 Å². The fourth-order valence-electron chi connectivity index (χ4n) is 3.69. The minimum Gasteiger partial charge on any atom is -0.462 e. The summed E-state index contributed by atoms with van der Waals surface area (Å²) in [4.78, 5) is 24.3. The molecule has 160 valence electrons. The van der Waals surface area contributed by atoms with Crippen molar-refractivity contribution in [2.45, 2.75) is 70.5 Å². The largest absolute Gasteiger partial charge is 0.462 e. The first-order valence-corrected chi connectivity index (χ1v) is 10.8. The number of hydrogen-bond donors (Lipinski definition) is 0. The van der Waals surface area contributed by atoms with Gasteiger partial charge in [-0.1, -0.05) is 44.0 Å². The summed E-state index contributed by atoms with van der Waals surface area (Å²) in [5.41, 5.74) is 2.29.